The van der Waals surface area contributed by atoms with Crippen LogP contribution >= 0.6 is 0 Å². The van der Waals surface area contributed by atoms with Gasteiger partial charge >= 0.3 is 16.3 Å². The molecular weight excluding hydrogens is 302 g/mol. The maximum absolute atomic E-state index is 12.4. The van der Waals surface area contributed by atoms with E-state index in [4.69, 9.17) is 0 Å². The van der Waals surface area contributed by atoms with Gasteiger partial charge in [-0.3, -0.25) is 9.48 Å². The predicted octanol–water partition coefficient (Wildman–Crippen LogP) is 2.53. The lowest BCUT2D eigenvalue weighted by Crippen LogP contribution is -2.36. The van der Waals surface area contributed by atoms with Crippen LogP contribution in [-0.4, -0.2) is 20.2 Å². The Morgan fingerprint density at radius 1 is 1.32 bits per heavy atom. The van der Waals surface area contributed by atoms with Crippen molar-refractivity contribution < 1.29 is 13.6 Å². The first-order valence-corrected chi connectivity index (χ1v) is 8.43. The lowest BCUT2D eigenvalue weighted by atomic mass is 10.0. The van der Waals surface area contributed by atoms with Gasteiger partial charge in [0.25, 0.3) is 0 Å². The van der Waals surface area contributed by atoms with Crippen molar-refractivity contribution in [2.75, 3.05) is 0 Å². The van der Waals surface area contributed by atoms with Gasteiger partial charge in [0.05, 0.1) is 0 Å². The SMILES string of the molecule is Cc1c(C(C)C)c(C(=O)N[S+](=O)(O)c2ccccc2)nn1C. The molecule has 2 rings (SSSR count). The third-order valence-corrected chi connectivity index (χ3v) is 4.84. The Labute approximate surface area is 130 Å². The molecule has 0 fully saturated rings. The first kappa shape index (κ1) is 16.4. The fourth-order valence-electron chi connectivity index (χ4n) is 2.32. The van der Waals surface area contributed by atoms with E-state index in [1.807, 2.05) is 20.8 Å². The molecule has 1 aromatic carbocycles. The highest BCUT2D eigenvalue weighted by Gasteiger charge is 2.34. The van der Waals surface area contributed by atoms with Crippen molar-refractivity contribution in [2.45, 2.75) is 31.6 Å². The Hall–Kier alpha value is -1.99. The molecule has 0 radical (unpaired) electrons. The van der Waals surface area contributed by atoms with Gasteiger partial charge in [-0.2, -0.15) is 9.65 Å². The van der Waals surface area contributed by atoms with Gasteiger partial charge in [-0.25, -0.2) is 0 Å². The summed E-state index contributed by atoms with van der Waals surface area (Å²) in [7, 11) is -1.91. The monoisotopic (exact) mass is 322 g/mol. The van der Waals surface area contributed by atoms with Gasteiger partial charge in [0.2, 0.25) is 4.90 Å². The minimum atomic E-state index is -3.65. The highest BCUT2D eigenvalue weighted by Crippen LogP contribution is 2.23. The molecule has 0 saturated carbocycles. The van der Waals surface area contributed by atoms with Gasteiger partial charge in [-0.05, 0) is 29.2 Å². The summed E-state index contributed by atoms with van der Waals surface area (Å²) in [6.45, 7) is 5.77. The number of rotatable bonds is 4. The smallest absolute Gasteiger partial charge is 0.272 e. The Kier molecular flexibility index (Phi) is 4.48. The molecule has 6 nitrogen and oxygen atoms in total. The Morgan fingerprint density at radius 3 is 2.45 bits per heavy atom. The minimum Gasteiger partial charge on any atom is -0.272 e. The maximum Gasteiger partial charge on any atom is 0.349 e. The lowest BCUT2D eigenvalue weighted by Gasteiger charge is -2.08. The molecule has 0 bridgehead atoms. The molecule has 0 aliphatic carbocycles. The molecule has 1 aromatic heterocycles. The molecule has 0 saturated heterocycles. The van der Waals surface area contributed by atoms with Gasteiger partial charge in [-0.15, -0.1) is 4.72 Å². The molecule has 22 heavy (non-hydrogen) atoms. The van der Waals surface area contributed by atoms with Crippen LogP contribution in [0.1, 0.15) is 41.5 Å². The first-order valence-electron chi connectivity index (χ1n) is 6.91. The summed E-state index contributed by atoms with van der Waals surface area (Å²) < 4.78 is 26.2. The van der Waals surface area contributed by atoms with Crippen LogP contribution in [-0.2, 0) is 21.7 Å². The van der Waals surface area contributed by atoms with Crippen LogP contribution in [0.4, 0.5) is 0 Å². The molecule has 118 valence electrons. The predicted molar refractivity (Wildman–Crippen MR) is 84.9 cm³/mol. The van der Waals surface area contributed by atoms with Crippen molar-refractivity contribution in [3.63, 3.8) is 0 Å². The normalized spacial score (nSPS) is 13.9. The summed E-state index contributed by atoms with van der Waals surface area (Å²) in [5.74, 6) is -0.565. The van der Waals surface area contributed by atoms with Crippen LogP contribution in [0.15, 0.2) is 35.2 Å². The molecule has 1 atom stereocenters. The average molecular weight is 322 g/mol. The van der Waals surface area contributed by atoms with E-state index in [9.17, 15) is 13.6 Å². The number of amides is 1. The molecular formula is C15H20N3O3S+. The third kappa shape index (κ3) is 3.10. The van der Waals surface area contributed by atoms with E-state index in [0.717, 1.165) is 11.3 Å². The van der Waals surface area contributed by atoms with Crippen LogP contribution < -0.4 is 4.72 Å². The molecule has 1 unspecified atom stereocenters. The second-order valence-electron chi connectivity index (χ2n) is 5.40. The molecule has 0 spiro atoms. The lowest BCUT2D eigenvalue weighted by molar-refractivity contribution is 0.0972. The number of hydrogen-bond acceptors (Lipinski definition) is 3. The topological polar surface area (TPSA) is 84.2 Å². The second kappa shape index (κ2) is 6.02. The number of benzene rings is 1. The number of carbonyl (C=O) groups is 1. The maximum atomic E-state index is 12.4. The average Bonchev–Trinajstić information content (AvgIpc) is 2.75. The van der Waals surface area contributed by atoms with Crippen molar-refractivity contribution in [2.24, 2.45) is 7.05 Å². The largest absolute Gasteiger partial charge is 0.349 e. The van der Waals surface area contributed by atoms with Gasteiger partial charge < -0.3 is 0 Å². The second-order valence-corrected chi connectivity index (χ2v) is 7.12. The molecule has 0 aliphatic rings. The Morgan fingerprint density at radius 2 is 1.91 bits per heavy atom. The standard InChI is InChI=1S/C15H19N3O3S/c1-10(2)13-11(3)18(4)16-14(13)15(19)17-22(20,21)12-8-6-5-7-9-12/h5-10H,1-4H3,(H-,17,19,20,21)/p+1. The van der Waals surface area contributed by atoms with Crippen molar-refractivity contribution in [3.05, 3.63) is 47.3 Å². The van der Waals surface area contributed by atoms with E-state index in [1.54, 1.807) is 29.9 Å². The van der Waals surface area contributed by atoms with E-state index in [2.05, 4.69) is 9.82 Å². The number of nitrogens with zero attached hydrogens (tertiary/aromatic N) is 2. The molecule has 2 aromatic rings. The van der Waals surface area contributed by atoms with E-state index in [1.165, 1.54) is 12.1 Å². The van der Waals surface area contributed by atoms with Crippen molar-refractivity contribution >= 4 is 16.3 Å². The van der Waals surface area contributed by atoms with E-state index in [-0.39, 0.29) is 16.5 Å². The van der Waals surface area contributed by atoms with Gasteiger partial charge in [0, 0.05) is 18.3 Å². The van der Waals surface area contributed by atoms with Crippen LogP contribution in [0.3, 0.4) is 0 Å². The molecule has 0 aliphatic heterocycles. The summed E-state index contributed by atoms with van der Waals surface area (Å²) in [6.07, 6.45) is 0. The summed E-state index contributed by atoms with van der Waals surface area (Å²) in [5.41, 5.74) is 1.83. The number of aromatic nitrogens is 2. The molecule has 7 heteroatoms. The van der Waals surface area contributed by atoms with Crippen LogP contribution in [0.25, 0.3) is 0 Å². The number of hydrogen-bond donors (Lipinski definition) is 2. The summed E-state index contributed by atoms with van der Waals surface area (Å²) in [5, 5.41) is 4.18. The number of aryl methyl sites for hydroxylation is 1. The fraction of sp³-hybridized carbons (Fsp3) is 0.333. The highest BCUT2D eigenvalue weighted by atomic mass is 32.3. The zero-order valence-electron chi connectivity index (χ0n) is 13.0. The van der Waals surface area contributed by atoms with Crippen molar-refractivity contribution in [1.82, 2.24) is 14.5 Å². The van der Waals surface area contributed by atoms with E-state index in [0.29, 0.717) is 0 Å². The molecule has 1 heterocycles. The number of carbonyl (C=O) groups excluding carboxylic acids is 1. The quantitative estimate of drug-likeness (QED) is 0.847. The Bertz CT molecular complexity index is 738. The minimum absolute atomic E-state index is 0.0842. The highest BCUT2D eigenvalue weighted by molar-refractivity contribution is 7.96. The summed E-state index contributed by atoms with van der Waals surface area (Å²) in [6, 6.07) is 8.01. The van der Waals surface area contributed by atoms with Crippen LogP contribution in [0.5, 0.6) is 0 Å². The van der Waals surface area contributed by atoms with Gasteiger partial charge in [-0.1, -0.05) is 32.0 Å². The zero-order chi connectivity index (χ0) is 16.5. The first-order chi connectivity index (χ1) is 10.2. The fourth-order valence-corrected chi connectivity index (χ4v) is 3.31. The van der Waals surface area contributed by atoms with Crippen molar-refractivity contribution in [3.8, 4) is 0 Å². The zero-order valence-corrected chi connectivity index (χ0v) is 13.8. The third-order valence-electron chi connectivity index (χ3n) is 3.47. The summed E-state index contributed by atoms with van der Waals surface area (Å²) in [4.78, 5) is 12.6. The molecule has 1 amide bonds. The van der Waals surface area contributed by atoms with E-state index < -0.39 is 16.3 Å². The van der Waals surface area contributed by atoms with Crippen molar-refractivity contribution in [1.29, 1.82) is 0 Å². The van der Waals surface area contributed by atoms with Gasteiger partial charge in [0.15, 0.2) is 5.69 Å². The van der Waals surface area contributed by atoms with Crippen LogP contribution in [0.2, 0.25) is 0 Å². The van der Waals surface area contributed by atoms with Gasteiger partial charge in [0.1, 0.15) is 0 Å². The van der Waals surface area contributed by atoms with E-state index >= 15 is 0 Å². The summed E-state index contributed by atoms with van der Waals surface area (Å²) >= 11 is 0. The van der Waals surface area contributed by atoms with Crippen LogP contribution in [0, 0.1) is 6.92 Å². The number of nitrogens with one attached hydrogen (secondary N) is 1. The Balaban J connectivity index is 2.34. The molecule has 2 N–H and O–H groups in total.